The summed E-state index contributed by atoms with van der Waals surface area (Å²) in [6.45, 7) is 5.01. The van der Waals surface area contributed by atoms with Crippen LogP contribution in [0.3, 0.4) is 0 Å². The monoisotopic (exact) mass is 370 g/mol. The lowest BCUT2D eigenvalue weighted by Crippen LogP contribution is -2.25. The lowest BCUT2D eigenvalue weighted by molar-refractivity contribution is -0.385. The van der Waals surface area contributed by atoms with Crippen molar-refractivity contribution in [1.82, 2.24) is 24.9 Å². The van der Waals surface area contributed by atoms with Gasteiger partial charge in [0, 0.05) is 13.1 Å². The first kappa shape index (κ1) is 16.1. The van der Waals surface area contributed by atoms with Crippen LogP contribution in [0.4, 0.5) is 5.69 Å². The molecule has 9 nitrogen and oxygen atoms in total. The zero-order chi connectivity index (χ0) is 16.3. The number of amides is 1. The van der Waals surface area contributed by atoms with E-state index in [1.807, 2.05) is 6.92 Å². The lowest BCUT2D eigenvalue weighted by Gasteiger charge is -2.06. The van der Waals surface area contributed by atoms with Gasteiger partial charge in [-0.05, 0) is 29.8 Å². The molecule has 0 aliphatic heterocycles. The maximum Gasteiger partial charge on any atom is 0.320 e. The van der Waals surface area contributed by atoms with Gasteiger partial charge < -0.3 is 5.32 Å². The minimum Gasteiger partial charge on any atom is -0.345 e. The Kier molecular flexibility index (Phi) is 4.91. The predicted octanol–water partition coefficient (Wildman–Crippen LogP) is 1.72. The van der Waals surface area contributed by atoms with Crippen LogP contribution in [0, 0.1) is 10.1 Å². The lowest BCUT2D eigenvalue weighted by atomic mass is 10.3. The Balaban J connectivity index is 2.17. The second-order valence-electron chi connectivity index (χ2n) is 4.41. The molecular weight excluding hydrogens is 356 g/mol. The average Bonchev–Trinajstić information content (AvgIpc) is 3.08. The Hall–Kier alpha value is -2.23. The van der Waals surface area contributed by atoms with Crippen LogP contribution in [0.1, 0.15) is 30.0 Å². The number of hydrogen-bond donors (Lipinski definition) is 1. The third kappa shape index (κ3) is 3.16. The minimum atomic E-state index is -0.611. The number of nitro groups is 1. The Morgan fingerprint density at radius 2 is 2.18 bits per heavy atom. The molecule has 0 aliphatic rings. The van der Waals surface area contributed by atoms with Gasteiger partial charge in [0.1, 0.15) is 6.20 Å². The molecule has 0 saturated heterocycles. The van der Waals surface area contributed by atoms with Crippen LogP contribution in [0.25, 0.3) is 0 Å². The van der Waals surface area contributed by atoms with Crippen LogP contribution in [0.15, 0.2) is 16.9 Å². The van der Waals surface area contributed by atoms with Crippen LogP contribution >= 0.6 is 15.9 Å². The molecule has 2 heterocycles. The van der Waals surface area contributed by atoms with Crippen molar-refractivity contribution in [3.05, 3.63) is 38.4 Å². The highest BCUT2D eigenvalue weighted by molar-refractivity contribution is 9.10. The molecule has 2 rings (SSSR count). The first-order valence-corrected chi connectivity index (χ1v) is 7.47. The summed E-state index contributed by atoms with van der Waals surface area (Å²) in [7, 11) is 0. The van der Waals surface area contributed by atoms with E-state index in [9.17, 15) is 14.9 Å². The highest BCUT2D eigenvalue weighted by Crippen LogP contribution is 2.18. The number of hydrogen-bond acceptors (Lipinski definition) is 5. The number of nitrogens with one attached hydrogen (secondary N) is 1. The zero-order valence-electron chi connectivity index (χ0n) is 12.1. The second kappa shape index (κ2) is 6.69. The molecule has 0 atom stereocenters. The normalized spacial score (nSPS) is 10.7. The van der Waals surface area contributed by atoms with Crippen LogP contribution in [-0.4, -0.2) is 30.4 Å². The van der Waals surface area contributed by atoms with Gasteiger partial charge in [-0.3, -0.25) is 24.3 Å². The molecule has 0 fully saturated rings. The second-order valence-corrected chi connectivity index (χ2v) is 5.27. The van der Waals surface area contributed by atoms with E-state index in [4.69, 9.17) is 0 Å². The zero-order valence-corrected chi connectivity index (χ0v) is 13.7. The first-order chi connectivity index (χ1) is 10.5. The highest BCUT2D eigenvalue weighted by atomic mass is 79.9. The molecule has 22 heavy (non-hydrogen) atoms. The molecule has 0 saturated carbocycles. The van der Waals surface area contributed by atoms with Gasteiger partial charge in [-0.15, -0.1) is 0 Å². The molecule has 1 amide bonds. The molecule has 0 radical (unpaired) electrons. The van der Waals surface area contributed by atoms with Gasteiger partial charge in [0.05, 0.1) is 27.8 Å². The van der Waals surface area contributed by atoms with Crippen molar-refractivity contribution >= 4 is 27.5 Å². The van der Waals surface area contributed by atoms with E-state index in [2.05, 4.69) is 31.4 Å². The van der Waals surface area contributed by atoms with Gasteiger partial charge in [0.25, 0.3) is 5.91 Å². The average molecular weight is 371 g/mol. The van der Waals surface area contributed by atoms with Gasteiger partial charge in [0.2, 0.25) is 5.69 Å². The Morgan fingerprint density at radius 1 is 1.45 bits per heavy atom. The van der Waals surface area contributed by atoms with E-state index in [-0.39, 0.29) is 17.9 Å². The van der Waals surface area contributed by atoms with Gasteiger partial charge in [-0.25, -0.2) is 0 Å². The smallest absolute Gasteiger partial charge is 0.320 e. The largest absolute Gasteiger partial charge is 0.345 e. The molecule has 1 N–H and O–H groups in total. The number of carbonyl (C=O) groups is 1. The Labute approximate surface area is 134 Å². The van der Waals surface area contributed by atoms with Crippen molar-refractivity contribution in [1.29, 1.82) is 0 Å². The SMILES string of the molecule is CCn1cc([N+](=O)[O-])c(C(=O)NCc2c(Br)cnn2CC)n1. The quantitative estimate of drug-likeness (QED) is 0.615. The molecule has 0 aromatic carbocycles. The van der Waals surface area contributed by atoms with Crippen LogP contribution < -0.4 is 5.32 Å². The van der Waals surface area contributed by atoms with E-state index < -0.39 is 10.8 Å². The molecular formula is C12H15BrN6O3. The fraction of sp³-hybridized carbons (Fsp3) is 0.417. The van der Waals surface area contributed by atoms with Crippen molar-refractivity contribution < 1.29 is 9.72 Å². The van der Waals surface area contributed by atoms with Crippen molar-refractivity contribution in [2.45, 2.75) is 33.5 Å². The van der Waals surface area contributed by atoms with E-state index >= 15 is 0 Å². The highest BCUT2D eigenvalue weighted by Gasteiger charge is 2.25. The summed E-state index contributed by atoms with van der Waals surface area (Å²) in [6.07, 6.45) is 2.89. The minimum absolute atomic E-state index is 0.189. The topological polar surface area (TPSA) is 108 Å². The third-order valence-electron chi connectivity index (χ3n) is 3.09. The molecule has 2 aromatic heterocycles. The van der Waals surface area contributed by atoms with E-state index in [0.717, 1.165) is 10.2 Å². The first-order valence-electron chi connectivity index (χ1n) is 6.68. The van der Waals surface area contributed by atoms with Crippen LogP contribution in [-0.2, 0) is 19.6 Å². The van der Waals surface area contributed by atoms with E-state index in [1.54, 1.807) is 17.8 Å². The molecule has 0 spiro atoms. The maximum absolute atomic E-state index is 12.2. The molecule has 0 aliphatic carbocycles. The van der Waals surface area contributed by atoms with Crippen molar-refractivity contribution in [3.63, 3.8) is 0 Å². The van der Waals surface area contributed by atoms with Crippen molar-refractivity contribution in [3.8, 4) is 0 Å². The molecule has 10 heteroatoms. The molecule has 0 unspecified atom stereocenters. The van der Waals surface area contributed by atoms with Gasteiger partial charge >= 0.3 is 5.69 Å². The predicted molar refractivity (Wildman–Crippen MR) is 81.3 cm³/mol. The summed E-state index contributed by atoms with van der Waals surface area (Å²) in [5.74, 6) is -0.588. The Morgan fingerprint density at radius 3 is 2.77 bits per heavy atom. The molecule has 118 valence electrons. The number of nitrogens with zero attached hydrogens (tertiary/aromatic N) is 5. The summed E-state index contributed by atoms with van der Waals surface area (Å²) in [4.78, 5) is 22.6. The van der Waals surface area contributed by atoms with Crippen molar-refractivity contribution in [2.75, 3.05) is 0 Å². The third-order valence-corrected chi connectivity index (χ3v) is 3.75. The van der Waals surface area contributed by atoms with Gasteiger partial charge in [-0.1, -0.05) is 0 Å². The van der Waals surface area contributed by atoms with E-state index in [0.29, 0.717) is 13.1 Å². The van der Waals surface area contributed by atoms with Gasteiger partial charge in [0.15, 0.2) is 0 Å². The fourth-order valence-electron chi connectivity index (χ4n) is 1.95. The van der Waals surface area contributed by atoms with Crippen molar-refractivity contribution in [2.24, 2.45) is 0 Å². The number of aryl methyl sites for hydroxylation is 2. The number of carbonyl (C=O) groups excluding carboxylic acids is 1. The summed E-state index contributed by atoms with van der Waals surface area (Å²) < 4.78 is 3.85. The number of halogens is 1. The summed E-state index contributed by atoms with van der Waals surface area (Å²) in [6, 6.07) is 0. The van der Waals surface area contributed by atoms with Crippen LogP contribution in [0.2, 0.25) is 0 Å². The standard InChI is InChI=1S/C12H15BrN6O3/c1-3-17-7-10(19(21)22)11(16-17)12(20)14-6-9-8(13)5-15-18(9)4-2/h5,7H,3-4,6H2,1-2H3,(H,14,20). The number of rotatable bonds is 6. The molecule has 2 aromatic rings. The summed E-state index contributed by atoms with van der Waals surface area (Å²) >= 11 is 3.35. The fourth-order valence-corrected chi connectivity index (χ4v) is 2.39. The van der Waals surface area contributed by atoms with Crippen LogP contribution in [0.5, 0.6) is 0 Å². The van der Waals surface area contributed by atoms with Gasteiger partial charge in [-0.2, -0.15) is 10.2 Å². The maximum atomic E-state index is 12.2. The summed E-state index contributed by atoms with van der Waals surface area (Å²) in [5, 5.41) is 21.7. The Bertz CT molecular complexity index is 708. The number of aromatic nitrogens is 4. The summed E-state index contributed by atoms with van der Waals surface area (Å²) in [5.41, 5.74) is 0.293. The van der Waals surface area contributed by atoms with E-state index in [1.165, 1.54) is 10.9 Å². The molecule has 0 bridgehead atoms.